The maximum absolute atomic E-state index is 2.50. The average molecular weight is 839 g/mol. The molecule has 1 heterocycles. The van der Waals surface area contributed by atoms with Crippen molar-refractivity contribution in [2.45, 2.75) is 0 Å². The van der Waals surface area contributed by atoms with Crippen LogP contribution in [0.2, 0.25) is 0 Å². The van der Waals surface area contributed by atoms with E-state index in [1.165, 1.54) is 93.2 Å². The zero-order valence-electron chi connectivity index (χ0n) is 36.1. The van der Waals surface area contributed by atoms with Crippen molar-refractivity contribution in [3.05, 3.63) is 255 Å². The first-order valence-electron chi connectivity index (χ1n) is 22.8. The minimum absolute atomic E-state index is 1.09. The summed E-state index contributed by atoms with van der Waals surface area (Å²) in [5.41, 5.74) is 16.4. The summed E-state index contributed by atoms with van der Waals surface area (Å²) < 4.78 is 2.46. The van der Waals surface area contributed by atoms with Crippen molar-refractivity contribution >= 4 is 71.2 Å². The van der Waals surface area contributed by atoms with Crippen molar-refractivity contribution in [1.29, 1.82) is 0 Å². The van der Waals surface area contributed by atoms with E-state index >= 15 is 0 Å². The molecule has 0 atom stereocenters. The topological polar surface area (TPSA) is 8.17 Å². The van der Waals surface area contributed by atoms with Crippen LogP contribution in [0, 0.1) is 0 Å². The van der Waals surface area contributed by atoms with Gasteiger partial charge in [0.25, 0.3) is 0 Å². The van der Waals surface area contributed by atoms with Crippen LogP contribution < -0.4 is 4.90 Å². The fraction of sp³-hybridized carbons (Fsp3) is 0. The quantitative estimate of drug-likeness (QED) is 0.138. The van der Waals surface area contributed by atoms with Crippen molar-refractivity contribution in [2.24, 2.45) is 0 Å². The van der Waals surface area contributed by atoms with Crippen LogP contribution in [0.4, 0.5) is 17.1 Å². The van der Waals surface area contributed by atoms with Crippen molar-refractivity contribution in [2.75, 3.05) is 4.90 Å². The Hall–Kier alpha value is -8.72. The number of hydrogen-bond donors (Lipinski definition) is 0. The molecule has 0 radical (unpaired) electrons. The maximum Gasteiger partial charge on any atom is 0.0541 e. The Kier molecular flexibility index (Phi) is 8.89. The van der Waals surface area contributed by atoms with E-state index in [1.54, 1.807) is 0 Å². The summed E-state index contributed by atoms with van der Waals surface area (Å²) in [7, 11) is 0. The second kappa shape index (κ2) is 15.5. The zero-order chi connectivity index (χ0) is 43.6. The molecule has 0 saturated carbocycles. The summed E-state index contributed by atoms with van der Waals surface area (Å²) in [4.78, 5) is 2.50. The molecule has 0 aliphatic heterocycles. The van der Waals surface area contributed by atoms with E-state index in [0.717, 1.165) is 28.2 Å². The van der Waals surface area contributed by atoms with Crippen LogP contribution in [0.5, 0.6) is 0 Å². The molecule has 66 heavy (non-hydrogen) atoms. The summed E-state index contributed by atoms with van der Waals surface area (Å²) in [6.45, 7) is 0. The Morgan fingerprint density at radius 1 is 0.273 bits per heavy atom. The molecule has 0 bridgehead atoms. The van der Waals surface area contributed by atoms with Crippen LogP contribution in [0.25, 0.3) is 104 Å². The average Bonchev–Trinajstić information content (AvgIpc) is 3.73. The van der Waals surface area contributed by atoms with Gasteiger partial charge in [-0.1, -0.05) is 212 Å². The molecule has 12 aromatic carbocycles. The van der Waals surface area contributed by atoms with Crippen LogP contribution in [-0.2, 0) is 0 Å². The maximum atomic E-state index is 2.50. The number of para-hydroxylation sites is 3. The van der Waals surface area contributed by atoms with Crippen molar-refractivity contribution in [1.82, 2.24) is 4.57 Å². The highest BCUT2D eigenvalue weighted by Gasteiger charge is 2.24. The SMILES string of the molecule is c1ccc(-c2ccc(-c3cccc(N(c4ccccc4-c4ccccc4-c4ccccc4)c4ccc5ccc6c(-n7c8ccccc8c8ccccc87)ccc7ccc4c5c76)c3)cc2)cc1. The molecular weight excluding hydrogens is 797 g/mol. The van der Waals surface area contributed by atoms with Crippen molar-refractivity contribution < 1.29 is 0 Å². The van der Waals surface area contributed by atoms with Crippen LogP contribution >= 0.6 is 0 Å². The molecule has 0 saturated heterocycles. The van der Waals surface area contributed by atoms with Gasteiger partial charge in [0.15, 0.2) is 0 Å². The molecule has 0 N–H and O–H groups in total. The van der Waals surface area contributed by atoms with E-state index in [1.807, 2.05) is 0 Å². The first kappa shape index (κ1) is 37.8. The third kappa shape index (κ3) is 6.11. The Bertz CT molecular complexity index is 3870. The fourth-order valence-corrected chi connectivity index (χ4v) is 10.5. The van der Waals surface area contributed by atoms with E-state index in [4.69, 9.17) is 0 Å². The van der Waals surface area contributed by atoms with Gasteiger partial charge in [0.05, 0.1) is 28.1 Å². The van der Waals surface area contributed by atoms with E-state index in [0.29, 0.717) is 0 Å². The van der Waals surface area contributed by atoms with Gasteiger partial charge in [-0.3, -0.25) is 0 Å². The molecule has 0 spiro atoms. The van der Waals surface area contributed by atoms with Gasteiger partial charge < -0.3 is 9.47 Å². The second-order valence-electron chi connectivity index (χ2n) is 17.2. The Morgan fingerprint density at radius 3 is 1.48 bits per heavy atom. The first-order chi connectivity index (χ1) is 32.8. The zero-order valence-corrected chi connectivity index (χ0v) is 36.1. The van der Waals surface area contributed by atoms with Gasteiger partial charge in [0.2, 0.25) is 0 Å². The number of fused-ring (bicyclic) bond motifs is 3. The molecular formula is C64H42N2. The summed E-state index contributed by atoms with van der Waals surface area (Å²) in [6, 6.07) is 93.3. The Morgan fingerprint density at radius 2 is 0.773 bits per heavy atom. The van der Waals surface area contributed by atoms with Crippen LogP contribution in [0.15, 0.2) is 255 Å². The molecule has 308 valence electrons. The summed E-state index contributed by atoms with van der Waals surface area (Å²) in [5.74, 6) is 0. The van der Waals surface area contributed by atoms with E-state index in [9.17, 15) is 0 Å². The largest absolute Gasteiger partial charge is 0.309 e. The molecule has 2 heteroatoms. The van der Waals surface area contributed by atoms with Gasteiger partial charge in [0.1, 0.15) is 0 Å². The predicted octanol–water partition coefficient (Wildman–Crippen LogP) is 17.8. The van der Waals surface area contributed by atoms with Crippen molar-refractivity contribution in [3.8, 4) is 50.2 Å². The minimum Gasteiger partial charge on any atom is -0.309 e. The number of benzene rings is 12. The smallest absolute Gasteiger partial charge is 0.0541 e. The Balaban J connectivity index is 1.05. The lowest BCUT2D eigenvalue weighted by Crippen LogP contribution is -2.12. The lowest BCUT2D eigenvalue weighted by molar-refractivity contribution is 1.20. The first-order valence-corrected chi connectivity index (χ1v) is 22.8. The molecule has 0 aliphatic rings. The van der Waals surface area contributed by atoms with Gasteiger partial charge in [-0.15, -0.1) is 0 Å². The van der Waals surface area contributed by atoms with Crippen LogP contribution in [0.1, 0.15) is 0 Å². The third-order valence-electron chi connectivity index (χ3n) is 13.6. The minimum atomic E-state index is 1.09. The van der Waals surface area contributed by atoms with E-state index in [2.05, 4.69) is 264 Å². The lowest BCUT2D eigenvalue weighted by Gasteiger charge is -2.30. The van der Waals surface area contributed by atoms with E-state index in [-0.39, 0.29) is 0 Å². The summed E-state index contributed by atoms with van der Waals surface area (Å²) >= 11 is 0. The number of anilines is 3. The standard InChI is InChI=1S/C64H42N2/c1-3-16-43(17-4-1)44-30-32-45(33-31-44)49-20-15-21-50(42-49)65(58-27-12-9-24-53(58)52-23-8-7-22-51(52)46-18-5-2-6-19-46)61-40-36-47-35-39-57-62(41-37-48-34-38-56(61)63(47)64(48)57)66-59-28-13-10-25-54(59)55-26-11-14-29-60(55)66/h1-42H. The monoisotopic (exact) mass is 838 g/mol. The van der Waals surface area contributed by atoms with Gasteiger partial charge >= 0.3 is 0 Å². The van der Waals surface area contributed by atoms with E-state index < -0.39 is 0 Å². The van der Waals surface area contributed by atoms with Crippen molar-refractivity contribution in [3.63, 3.8) is 0 Å². The summed E-state index contributed by atoms with van der Waals surface area (Å²) in [6.07, 6.45) is 0. The molecule has 0 fully saturated rings. The predicted molar refractivity (Wildman–Crippen MR) is 281 cm³/mol. The van der Waals surface area contributed by atoms with Gasteiger partial charge in [-0.05, 0) is 103 Å². The van der Waals surface area contributed by atoms with Gasteiger partial charge in [-0.2, -0.15) is 0 Å². The molecule has 13 rings (SSSR count). The molecule has 0 unspecified atom stereocenters. The van der Waals surface area contributed by atoms with Crippen LogP contribution in [-0.4, -0.2) is 4.57 Å². The highest BCUT2D eigenvalue weighted by atomic mass is 15.1. The number of rotatable bonds is 8. The number of aromatic nitrogens is 1. The van der Waals surface area contributed by atoms with Gasteiger partial charge in [0, 0.05) is 32.8 Å². The normalized spacial score (nSPS) is 11.6. The third-order valence-corrected chi connectivity index (χ3v) is 13.6. The van der Waals surface area contributed by atoms with Gasteiger partial charge in [-0.25, -0.2) is 0 Å². The fourth-order valence-electron chi connectivity index (χ4n) is 10.5. The number of nitrogens with zero attached hydrogens (tertiary/aromatic N) is 2. The summed E-state index contributed by atoms with van der Waals surface area (Å²) in [5, 5.41) is 9.96. The van der Waals surface area contributed by atoms with Crippen LogP contribution in [0.3, 0.4) is 0 Å². The second-order valence-corrected chi connectivity index (χ2v) is 17.2. The molecule has 0 amide bonds. The number of hydrogen-bond acceptors (Lipinski definition) is 1. The Labute approximate surface area is 383 Å². The lowest BCUT2D eigenvalue weighted by atomic mass is 9.91. The highest BCUT2D eigenvalue weighted by Crippen LogP contribution is 2.49. The highest BCUT2D eigenvalue weighted by molar-refractivity contribution is 6.27. The molecule has 1 aromatic heterocycles. The molecule has 13 aromatic rings. The molecule has 2 nitrogen and oxygen atoms in total. The molecule has 0 aliphatic carbocycles.